The molecule has 0 bridgehead atoms. The molecule has 0 saturated carbocycles. The van der Waals surface area contributed by atoms with Crippen LogP contribution in [0.25, 0.3) is 0 Å². The lowest BCUT2D eigenvalue weighted by Gasteiger charge is -2.19. The Balaban J connectivity index is 1.75. The molecule has 1 aliphatic heterocycles. The quantitative estimate of drug-likeness (QED) is 0.0855. The molecule has 1 aromatic heterocycles. The first-order valence-corrected chi connectivity index (χ1v) is 14.9. The lowest BCUT2D eigenvalue weighted by atomic mass is 10.2. The molecular formula is C24H29F2N7O7S2. The van der Waals surface area contributed by atoms with Crippen LogP contribution in [0.3, 0.4) is 0 Å². The molecule has 1 fully saturated rings. The number of aromatic nitrogens is 1. The highest BCUT2D eigenvalue weighted by Gasteiger charge is 2.47. The van der Waals surface area contributed by atoms with Crippen LogP contribution in [0.5, 0.6) is 0 Å². The van der Waals surface area contributed by atoms with E-state index in [0.29, 0.717) is 18.7 Å². The Morgan fingerprint density at radius 2 is 1.95 bits per heavy atom. The Hall–Kier alpha value is -3.98. The summed E-state index contributed by atoms with van der Waals surface area (Å²) in [7, 11) is 2.55. The van der Waals surface area contributed by atoms with Gasteiger partial charge in [-0.25, -0.2) is 13.6 Å². The monoisotopic (exact) mass is 629 g/mol. The predicted octanol–water partition coefficient (Wildman–Crippen LogP) is -0.336. The number of nitrogens with one attached hydrogen (secondary N) is 4. The molecule has 14 nitrogen and oxygen atoms in total. The predicted molar refractivity (Wildman–Crippen MR) is 147 cm³/mol. The summed E-state index contributed by atoms with van der Waals surface area (Å²) >= 11 is 0. The fourth-order valence-corrected chi connectivity index (χ4v) is 5.63. The van der Waals surface area contributed by atoms with Crippen LogP contribution in [0.4, 0.5) is 8.78 Å². The minimum absolute atomic E-state index is 0.0807. The van der Waals surface area contributed by atoms with E-state index in [0.717, 1.165) is 4.90 Å². The van der Waals surface area contributed by atoms with Crippen LogP contribution >= 0.6 is 21.6 Å². The molecule has 1 aliphatic rings. The minimum Gasteiger partial charge on any atom is -0.480 e. The highest BCUT2D eigenvalue weighted by Crippen LogP contribution is 2.31. The van der Waals surface area contributed by atoms with Crippen LogP contribution in [0.15, 0.2) is 18.3 Å². The number of carbonyl (C=O) groups is 6. The van der Waals surface area contributed by atoms with Gasteiger partial charge in [0, 0.05) is 49.1 Å². The molecule has 0 radical (unpaired) electrons. The summed E-state index contributed by atoms with van der Waals surface area (Å²) in [6.45, 7) is -1.18. The van der Waals surface area contributed by atoms with Crippen molar-refractivity contribution in [1.29, 1.82) is 5.26 Å². The third-order valence-corrected chi connectivity index (χ3v) is 8.04. The van der Waals surface area contributed by atoms with Crippen LogP contribution in [0.1, 0.15) is 35.3 Å². The summed E-state index contributed by atoms with van der Waals surface area (Å²) in [4.78, 5) is 75.4. The molecule has 2 heterocycles. The number of nitrogens with zero attached hydrogens (tertiary/aromatic N) is 3. The summed E-state index contributed by atoms with van der Waals surface area (Å²) in [5, 5.41) is 28.0. The molecule has 5 N–H and O–H groups in total. The van der Waals surface area contributed by atoms with E-state index in [1.165, 1.54) is 39.9 Å². The zero-order valence-electron chi connectivity index (χ0n) is 22.1. The second-order valence-corrected chi connectivity index (χ2v) is 11.5. The Morgan fingerprint density at radius 3 is 2.64 bits per heavy atom. The average Bonchev–Trinajstić information content (AvgIpc) is 3.29. The zero-order valence-corrected chi connectivity index (χ0v) is 23.8. The second kappa shape index (κ2) is 17.1. The number of hydrogen-bond acceptors (Lipinski definition) is 10. The van der Waals surface area contributed by atoms with Crippen molar-refractivity contribution in [1.82, 2.24) is 31.2 Å². The standard InChI is InChI=1S/C24H29F2N7O7S2/c25-24(26)8-17(9-27)33(13-24)21(37)11-31-22(38)15-3-4-29-16(7-15)10-30-19(35)1-2-20(36)32-18(23(39)40)12-42-41-6-5-28-14-34/h3-4,7,14,17-18H,1-2,5-6,8,10-13H2,(H,28,34)(H,30,35)(H,31,38)(H,32,36)(H,39,40)/t17-,18?/m0/s1. The van der Waals surface area contributed by atoms with Crippen molar-refractivity contribution in [2.75, 3.05) is 31.1 Å². The van der Waals surface area contributed by atoms with Gasteiger partial charge in [-0.05, 0) is 12.1 Å². The maximum atomic E-state index is 13.6. The van der Waals surface area contributed by atoms with Crippen LogP contribution in [-0.4, -0.2) is 100 Å². The lowest BCUT2D eigenvalue weighted by Crippen LogP contribution is -2.43. The molecule has 1 saturated heterocycles. The Bertz CT molecular complexity index is 1200. The van der Waals surface area contributed by atoms with Gasteiger partial charge in [0.1, 0.15) is 12.1 Å². The summed E-state index contributed by atoms with van der Waals surface area (Å²) in [5.74, 6) is -6.45. The summed E-state index contributed by atoms with van der Waals surface area (Å²) in [6, 6.07) is 1.90. The topological polar surface area (TPSA) is 211 Å². The first-order valence-electron chi connectivity index (χ1n) is 12.5. The Morgan fingerprint density at radius 1 is 1.21 bits per heavy atom. The van der Waals surface area contributed by atoms with Crippen molar-refractivity contribution in [3.05, 3.63) is 29.6 Å². The van der Waals surface area contributed by atoms with E-state index >= 15 is 0 Å². The van der Waals surface area contributed by atoms with E-state index in [2.05, 4.69) is 26.3 Å². The van der Waals surface area contributed by atoms with E-state index in [9.17, 15) is 42.7 Å². The number of alkyl halides is 2. The number of likely N-dealkylation sites (tertiary alicyclic amines) is 1. The highest BCUT2D eigenvalue weighted by atomic mass is 33.1. The third kappa shape index (κ3) is 11.9. The molecular weight excluding hydrogens is 600 g/mol. The van der Waals surface area contributed by atoms with Gasteiger partial charge < -0.3 is 31.3 Å². The van der Waals surface area contributed by atoms with Crippen molar-refractivity contribution < 1.29 is 42.7 Å². The second-order valence-electron chi connectivity index (χ2n) is 8.86. The minimum atomic E-state index is -3.18. The summed E-state index contributed by atoms with van der Waals surface area (Å²) in [6.07, 6.45) is 0.576. The smallest absolute Gasteiger partial charge is 0.327 e. The maximum Gasteiger partial charge on any atom is 0.327 e. The molecule has 0 spiro atoms. The molecule has 0 aromatic carbocycles. The summed E-state index contributed by atoms with van der Waals surface area (Å²) < 4.78 is 27.1. The number of rotatable bonds is 17. The first kappa shape index (κ1) is 34.2. The van der Waals surface area contributed by atoms with Crippen LogP contribution in [-0.2, 0) is 30.5 Å². The number of carboxylic acids is 1. The van der Waals surface area contributed by atoms with Gasteiger partial charge in [-0.2, -0.15) is 5.26 Å². The van der Waals surface area contributed by atoms with E-state index < -0.39 is 67.1 Å². The molecule has 42 heavy (non-hydrogen) atoms. The molecule has 18 heteroatoms. The molecule has 2 atom stereocenters. The Labute approximate surface area is 247 Å². The van der Waals surface area contributed by atoms with Crippen LogP contribution in [0.2, 0.25) is 0 Å². The van der Waals surface area contributed by atoms with E-state index in [4.69, 9.17) is 5.26 Å². The van der Waals surface area contributed by atoms with Gasteiger partial charge in [0.15, 0.2) is 0 Å². The van der Waals surface area contributed by atoms with E-state index in [-0.39, 0.29) is 36.4 Å². The van der Waals surface area contributed by atoms with E-state index in [1.54, 1.807) is 6.07 Å². The molecule has 5 amide bonds. The number of nitriles is 1. The maximum absolute atomic E-state index is 13.6. The lowest BCUT2D eigenvalue weighted by molar-refractivity contribution is -0.141. The van der Waals surface area contributed by atoms with Crippen molar-refractivity contribution in [3.8, 4) is 6.07 Å². The van der Waals surface area contributed by atoms with Gasteiger partial charge >= 0.3 is 5.97 Å². The summed E-state index contributed by atoms with van der Waals surface area (Å²) in [5.41, 5.74) is 0.361. The highest BCUT2D eigenvalue weighted by molar-refractivity contribution is 8.76. The zero-order chi connectivity index (χ0) is 31.1. The SMILES string of the molecule is N#C[C@@H]1CC(F)(F)CN1C(=O)CNC(=O)c1ccnc(CNC(=O)CCC(=O)NC(CSSCCNC=O)C(=O)O)c1. The van der Waals surface area contributed by atoms with Gasteiger partial charge in [-0.1, -0.05) is 21.6 Å². The normalized spacial score (nSPS) is 16.0. The molecule has 0 aliphatic carbocycles. The number of aliphatic carboxylic acids is 1. The van der Waals surface area contributed by atoms with Crippen molar-refractivity contribution in [3.63, 3.8) is 0 Å². The fourth-order valence-electron chi connectivity index (χ4n) is 3.55. The number of amides is 5. The number of pyridine rings is 1. The van der Waals surface area contributed by atoms with Gasteiger partial charge in [0.2, 0.25) is 24.1 Å². The first-order chi connectivity index (χ1) is 20.0. The number of carboxylic acid groups (broad SMARTS) is 1. The van der Waals surface area contributed by atoms with Crippen LogP contribution < -0.4 is 21.3 Å². The van der Waals surface area contributed by atoms with Crippen LogP contribution in [0, 0.1) is 11.3 Å². The van der Waals surface area contributed by atoms with E-state index in [1.807, 2.05) is 0 Å². The van der Waals surface area contributed by atoms with Gasteiger partial charge in [-0.3, -0.25) is 29.0 Å². The molecule has 1 unspecified atom stereocenters. The van der Waals surface area contributed by atoms with Crippen molar-refractivity contribution in [2.45, 2.75) is 43.8 Å². The molecule has 2 rings (SSSR count). The van der Waals surface area contributed by atoms with Gasteiger partial charge in [-0.15, -0.1) is 0 Å². The largest absolute Gasteiger partial charge is 0.480 e. The van der Waals surface area contributed by atoms with Crippen molar-refractivity contribution >= 4 is 57.6 Å². The van der Waals surface area contributed by atoms with Gasteiger partial charge in [0.25, 0.3) is 11.8 Å². The van der Waals surface area contributed by atoms with Gasteiger partial charge in [0.05, 0.1) is 31.4 Å². The fraction of sp³-hybridized carbons (Fsp3) is 0.500. The van der Waals surface area contributed by atoms with Crippen molar-refractivity contribution in [2.24, 2.45) is 0 Å². The molecule has 1 aromatic rings. The number of halogens is 2. The Kier molecular flexibility index (Phi) is 13.9. The number of carbonyl (C=O) groups excluding carboxylic acids is 5. The third-order valence-electron chi connectivity index (χ3n) is 5.63. The number of hydrogen-bond donors (Lipinski definition) is 5. The molecule has 228 valence electrons. The average molecular weight is 630 g/mol.